The van der Waals surface area contributed by atoms with Crippen molar-refractivity contribution in [1.29, 1.82) is 0 Å². The topological polar surface area (TPSA) is 130 Å². The van der Waals surface area contributed by atoms with Crippen molar-refractivity contribution < 1.29 is 20.3 Å². The van der Waals surface area contributed by atoms with Crippen LogP contribution in [0.4, 0.5) is 11.4 Å². The third-order valence-electron chi connectivity index (χ3n) is 2.10. The highest BCUT2D eigenvalue weighted by atomic mass is 16.8. The lowest BCUT2D eigenvalue weighted by Crippen LogP contribution is -2.15. The van der Waals surface area contributed by atoms with E-state index < -0.39 is 11.2 Å². The van der Waals surface area contributed by atoms with E-state index in [4.69, 9.17) is 15.5 Å². The van der Waals surface area contributed by atoms with E-state index in [1.54, 1.807) is 0 Å². The lowest BCUT2D eigenvalue weighted by molar-refractivity contribution is -0.136. The normalized spacial score (nSPS) is 10.1. The molecule has 0 radical (unpaired) electrons. The Morgan fingerprint density at radius 3 is 2.41 bits per heavy atom. The van der Waals surface area contributed by atoms with Crippen molar-refractivity contribution in [2.75, 3.05) is 10.5 Å². The molecule has 8 heteroatoms. The summed E-state index contributed by atoms with van der Waals surface area (Å²) in [5.41, 5.74) is -0.226. The minimum atomic E-state index is -1.04. The van der Waals surface area contributed by atoms with Crippen LogP contribution in [0, 0.1) is 10.4 Å². The average Bonchev–Trinajstić information content (AvgIpc) is 2.25. The van der Waals surface area contributed by atoms with Crippen LogP contribution < -0.4 is 10.5 Å². The van der Waals surface area contributed by atoms with E-state index in [1.165, 1.54) is 12.1 Å². The first-order valence-electron chi connectivity index (χ1n) is 4.59. The summed E-state index contributed by atoms with van der Waals surface area (Å²) < 4.78 is 0. The van der Waals surface area contributed by atoms with Gasteiger partial charge in [0.05, 0.1) is 5.69 Å². The molecule has 17 heavy (non-hydrogen) atoms. The molecule has 94 valence electrons. The summed E-state index contributed by atoms with van der Waals surface area (Å²) in [6, 6.07) is 3.41. The van der Waals surface area contributed by atoms with E-state index in [1.807, 2.05) is 0 Å². The molecule has 1 aromatic rings. The van der Waals surface area contributed by atoms with Gasteiger partial charge in [0.2, 0.25) is 0 Å². The van der Waals surface area contributed by atoms with Crippen molar-refractivity contribution in [1.82, 2.24) is 0 Å². The number of nitrogens with zero attached hydrogens (tertiary/aromatic N) is 2. The van der Waals surface area contributed by atoms with E-state index in [0.717, 1.165) is 6.07 Å². The highest BCUT2D eigenvalue weighted by Gasteiger charge is 2.10. The van der Waals surface area contributed by atoms with Crippen molar-refractivity contribution in [3.8, 4) is 0 Å². The molecule has 0 aliphatic carbocycles. The zero-order valence-electron chi connectivity index (χ0n) is 8.61. The van der Waals surface area contributed by atoms with Gasteiger partial charge in [-0.2, -0.15) is 0 Å². The molecule has 0 aliphatic rings. The summed E-state index contributed by atoms with van der Waals surface area (Å²) in [5.74, 6) is -1.04. The summed E-state index contributed by atoms with van der Waals surface area (Å²) in [6.45, 7) is 0. The van der Waals surface area contributed by atoms with Crippen LogP contribution >= 0.6 is 0 Å². The van der Waals surface area contributed by atoms with Crippen molar-refractivity contribution in [2.24, 2.45) is 0 Å². The fourth-order valence-corrected chi connectivity index (χ4v) is 1.30. The van der Waals surface area contributed by atoms with Crippen molar-refractivity contribution >= 4 is 17.3 Å². The molecular weight excluding hydrogens is 232 g/mol. The lowest BCUT2D eigenvalue weighted by Gasteiger charge is -2.38. The number of rotatable bonds is 5. The Morgan fingerprint density at radius 2 is 1.94 bits per heavy atom. The van der Waals surface area contributed by atoms with E-state index in [2.05, 4.69) is 0 Å². The Kier molecular flexibility index (Phi) is 4.24. The van der Waals surface area contributed by atoms with E-state index >= 15 is 0 Å². The van der Waals surface area contributed by atoms with Gasteiger partial charge < -0.3 is 20.7 Å². The van der Waals surface area contributed by atoms with Gasteiger partial charge in [0.25, 0.3) is 0 Å². The van der Waals surface area contributed by atoms with Gasteiger partial charge in [-0.25, -0.2) is 0 Å². The molecule has 0 atom stereocenters. The standard InChI is InChI=1S/C9H10N2O6/c12-9(13)4-2-6-1-3-7(10(14)15)5-8(6)11(16)17/h1,3,5,16-17H,2,4H2,(H,12,13)/q-2. The summed E-state index contributed by atoms with van der Waals surface area (Å²) in [5, 5.41) is 46.3. The number of anilines is 2. The number of carboxylic acids is 1. The van der Waals surface area contributed by atoms with Crippen LogP contribution in [0.15, 0.2) is 18.2 Å². The molecule has 0 amide bonds. The maximum absolute atomic E-state index is 10.5. The van der Waals surface area contributed by atoms with Crippen LogP contribution in [-0.4, -0.2) is 21.5 Å². The number of carboxylic acid groups (broad SMARTS) is 1. The first-order chi connectivity index (χ1) is 7.91. The van der Waals surface area contributed by atoms with Gasteiger partial charge in [0.15, 0.2) is 0 Å². The van der Waals surface area contributed by atoms with E-state index in [9.17, 15) is 15.2 Å². The Bertz CT molecular complexity index is 406. The van der Waals surface area contributed by atoms with Crippen LogP contribution in [0.1, 0.15) is 12.0 Å². The molecule has 0 heterocycles. The maximum atomic E-state index is 10.5. The smallest absolute Gasteiger partial charge is 0.303 e. The van der Waals surface area contributed by atoms with Crippen molar-refractivity contribution in [2.45, 2.75) is 12.8 Å². The van der Waals surface area contributed by atoms with E-state index in [0.29, 0.717) is 5.56 Å². The molecule has 8 nitrogen and oxygen atoms in total. The largest absolute Gasteiger partial charge is 0.769 e. The first-order valence-corrected chi connectivity index (χ1v) is 4.59. The number of carbonyl (C=O) groups is 1. The van der Waals surface area contributed by atoms with E-state index in [-0.39, 0.29) is 29.4 Å². The maximum Gasteiger partial charge on any atom is 0.303 e. The molecule has 1 rings (SSSR count). The predicted molar refractivity (Wildman–Crippen MR) is 57.7 cm³/mol. The highest BCUT2D eigenvalue weighted by Crippen LogP contribution is 2.26. The van der Waals surface area contributed by atoms with Gasteiger partial charge >= 0.3 is 5.97 Å². The van der Waals surface area contributed by atoms with Crippen molar-refractivity contribution in [3.05, 3.63) is 34.2 Å². The molecule has 0 unspecified atom stereocenters. The first kappa shape index (κ1) is 13.2. The zero-order valence-corrected chi connectivity index (χ0v) is 8.61. The van der Waals surface area contributed by atoms with Crippen LogP contribution in [0.3, 0.4) is 0 Å². The predicted octanol–water partition coefficient (Wildman–Crippen LogP) is 1.09. The summed E-state index contributed by atoms with van der Waals surface area (Å²) in [6.07, 6.45) is -0.168. The van der Waals surface area contributed by atoms with Crippen LogP contribution in [0.5, 0.6) is 0 Å². The highest BCUT2D eigenvalue weighted by molar-refractivity contribution is 5.68. The number of aryl methyl sites for hydroxylation is 1. The molecule has 0 saturated heterocycles. The van der Waals surface area contributed by atoms with Crippen molar-refractivity contribution in [3.63, 3.8) is 0 Å². The number of hydrogen-bond acceptors (Lipinski definition) is 7. The average molecular weight is 242 g/mol. The van der Waals surface area contributed by atoms with Crippen LogP contribution in [0.2, 0.25) is 0 Å². The van der Waals surface area contributed by atoms with Gasteiger partial charge in [0, 0.05) is 12.1 Å². The molecule has 0 aliphatic heterocycles. The van der Waals surface area contributed by atoms with Crippen LogP contribution in [0.25, 0.3) is 0 Å². The number of aliphatic carboxylic acids is 1. The quantitative estimate of drug-likeness (QED) is 0.654. The van der Waals surface area contributed by atoms with Gasteiger partial charge in [-0.3, -0.25) is 15.2 Å². The van der Waals surface area contributed by atoms with Gasteiger partial charge in [-0.15, -0.1) is 5.23 Å². The minimum Gasteiger partial charge on any atom is -0.769 e. The summed E-state index contributed by atoms with van der Waals surface area (Å²) >= 11 is 0. The second kappa shape index (κ2) is 5.46. The molecular formula is C9H10N2O6-2. The van der Waals surface area contributed by atoms with Gasteiger partial charge in [-0.1, -0.05) is 6.07 Å². The zero-order chi connectivity index (χ0) is 13.0. The summed E-state index contributed by atoms with van der Waals surface area (Å²) in [4.78, 5) is 10.4. The van der Waals surface area contributed by atoms with Gasteiger partial charge in [-0.05, 0) is 24.1 Å². The fourth-order valence-electron chi connectivity index (χ4n) is 1.30. The molecule has 0 saturated carbocycles. The Balaban J connectivity index is 3.00. The lowest BCUT2D eigenvalue weighted by atomic mass is 10.1. The Morgan fingerprint density at radius 1 is 1.29 bits per heavy atom. The molecule has 0 fully saturated rings. The minimum absolute atomic E-state index is 0.0419. The number of benzene rings is 1. The molecule has 0 aromatic heterocycles. The molecule has 0 spiro atoms. The second-order valence-electron chi connectivity index (χ2n) is 3.25. The molecule has 1 aromatic carbocycles. The molecule has 0 bridgehead atoms. The van der Waals surface area contributed by atoms with Crippen LogP contribution in [-0.2, 0) is 11.2 Å². The molecule has 3 N–H and O–H groups in total. The fraction of sp³-hybridized carbons (Fsp3) is 0.222. The van der Waals surface area contributed by atoms with Gasteiger partial charge in [0.1, 0.15) is 0 Å². The third-order valence-corrected chi connectivity index (χ3v) is 2.10. The summed E-state index contributed by atoms with van der Waals surface area (Å²) in [7, 11) is 0. The Hall–Kier alpha value is -1.87. The number of hydrogen-bond donors (Lipinski definition) is 3. The monoisotopic (exact) mass is 242 g/mol. The third kappa shape index (κ3) is 3.57. The SMILES string of the molecule is O=C(O)CCc1ccc(N([O-])[O-])cc1N(O)O. The Labute approximate surface area is 96.0 Å². The second-order valence-corrected chi connectivity index (χ2v) is 3.25.